The normalized spacial score (nSPS) is 17.0. The number of nitrogens with one attached hydrogen (secondary N) is 1. The summed E-state index contributed by atoms with van der Waals surface area (Å²) in [5, 5.41) is 3.64. The van der Waals surface area contributed by atoms with E-state index in [1.54, 1.807) is 24.2 Å². The number of aromatic nitrogens is 2. The Hall–Kier alpha value is -3.20. The highest BCUT2D eigenvalue weighted by molar-refractivity contribution is 5.94. The fourth-order valence-corrected chi connectivity index (χ4v) is 4.51. The highest BCUT2D eigenvalue weighted by atomic mass is 16.6. The van der Waals surface area contributed by atoms with E-state index in [9.17, 15) is 9.59 Å². The highest BCUT2D eigenvalue weighted by Gasteiger charge is 2.26. The molecule has 9 nitrogen and oxygen atoms in total. The van der Waals surface area contributed by atoms with Crippen LogP contribution in [-0.2, 0) is 11.2 Å². The summed E-state index contributed by atoms with van der Waals surface area (Å²) >= 11 is 0. The van der Waals surface area contributed by atoms with Gasteiger partial charge in [-0.1, -0.05) is 0 Å². The van der Waals surface area contributed by atoms with E-state index < -0.39 is 0 Å². The molecule has 3 heterocycles. The molecule has 1 N–H and O–H groups in total. The van der Waals surface area contributed by atoms with Crippen molar-refractivity contribution in [2.75, 3.05) is 57.3 Å². The molecule has 0 unspecified atom stereocenters. The molecule has 4 rings (SSSR count). The molecule has 0 bridgehead atoms. The molecule has 2 saturated heterocycles. The SMILES string of the molecule is CCOC(=O)N1CCN(C(=O)c2ccc(N3CCC(NCCc4cnccn4)CC3)cc2)CC1. The number of ether oxygens (including phenoxy) is 1. The number of nitrogens with zero attached hydrogens (tertiary/aromatic N) is 5. The van der Waals surface area contributed by atoms with E-state index in [1.165, 1.54) is 0 Å². The Morgan fingerprint density at radius 2 is 1.71 bits per heavy atom. The van der Waals surface area contributed by atoms with Gasteiger partial charge in [0.1, 0.15) is 0 Å². The zero-order valence-electron chi connectivity index (χ0n) is 19.9. The van der Waals surface area contributed by atoms with Crippen molar-refractivity contribution < 1.29 is 14.3 Å². The van der Waals surface area contributed by atoms with Crippen LogP contribution in [0, 0.1) is 0 Å². The number of carbonyl (C=O) groups is 2. The van der Waals surface area contributed by atoms with Gasteiger partial charge < -0.3 is 24.8 Å². The van der Waals surface area contributed by atoms with Crippen LogP contribution in [-0.4, -0.2) is 90.2 Å². The maximum absolute atomic E-state index is 12.9. The molecule has 2 aliphatic heterocycles. The van der Waals surface area contributed by atoms with Crippen LogP contribution in [0.25, 0.3) is 0 Å². The highest BCUT2D eigenvalue weighted by Crippen LogP contribution is 2.21. The lowest BCUT2D eigenvalue weighted by Crippen LogP contribution is -2.50. The maximum atomic E-state index is 12.9. The third kappa shape index (κ3) is 6.22. The summed E-state index contributed by atoms with van der Waals surface area (Å²) in [6.07, 6.45) is 8.02. The van der Waals surface area contributed by atoms with Crippen LogP contribution >= 0.6 is 0 Å². The standard InChI is InChI=1S/C25H34N6O3/c1-2-34-25(33)31-17-15-30(16-18-31)24(32)20-3-5-23(6-4-20)29-13-8-21(9-14-29)27-10-7-22-19-26-11-12-28-22/h3-6,11-12,19,21,27H,2,7-10,13-18H2,1H3. The number of amides is 2. The van der Waals surface area contributed by atoms with E-state index in [0.717, 1.165) is 50.3 Å². The van der Waals surface area contributed by atoms with Crippen molar-refractivity contribution >= 4 is 17.7 Å². The zero-order valence-corrected chi connectivity index (χ0v) is 19.9. The molecule has 0 radical (unpaired) electrons. The summed E-state index contributed by atoms with van der Waals surface area (Å²) in [6, 6.07) is 8.44. The topological polar surface area (TPSA) is 90.9 Å². The van der Waals surface area contributed by atoms with Crippen LogP contribution in [0.5, 0.6) is 0 Å². The second-order valence-corrected chi connectivity index (χ2v) is 8.69. The van der Waals surface area contributed by atoms with Crippen molar-refractivity contribution in [2.24, 2.45) is 0 Å². The van der Waals surface area contributed by atoms with Gasteiger partial charge >= 0.3 is 6.09 Å². The monoisotopic (exact) mass is 466 g/mol. The molecule has 0 atom stereocenters. The minimum absolute atomic E-state index is 0.0149. The molecule has 9 heteroatoms. The first-order chi connectivity index (χ1) is 16.6. The second kappa shape index (κ2) is 11.8. The number of rotatable bonds is 7. The molecule has 34 heavy (non-hydrogen) atoms. The first-order valence-electron chi connectivity index (χ1n) is 12.2. The zero-order chi connectivity index (χ0) is 23.8. The van der Waals surface area contributed by atoms with Gasteiger partial charge in [-0.05, 0) is 44.0 Å². The number of piperidine rings is 1. The molecule has 0 saturated carbocycles. The quantitative estimate of drug-likeness (QED) is 0.669. The summed E-state index contributed by atoms with van der Waals surface area (Å²) in [5.41, 5.74) is 2.86. The van der Waals surface area contributed by atoms with Crippen molar-refractivity contribution in [1.82, 2.24) is 25.1 Å². The van der Waals surface area contributed by atoms with Gasteiger partial charge in [0.15, 0.2) is 0 Å². The van der Waals surface area contributed by atoms with Crippen molar-refractivity contribution in [3.05, 3.63) is 54.1 Å². The first kappa shape index (κ1) is 23.9. The lowest BCUT2D eigenvalue weighted by Gasteiger charge is -2.35. The van der Waals surface area contributed by atoms with E-state index in [4.69, 9.17) is 4.74 Å². The van der Waals surface area contributed by atoms with Crippen molar-refractivity contribution in [3.8, 4) is 0 Å². The van der Waals surface area contributed by atoms with Gasteiger partial charge in [-0.25, -0.2) is 4.79 Å². The molecule has 2 fully saturated rings. The number of hydrogen-bond acceptors (Lipinski definition) is 7. The average Bonchev–Trinajstić information content (AvgIpc) is 2.90. The summed E-state index contributed by atoms with van der Waals surface area (Å²) in [4.78, 5) is 39.0. The van der Waals surface area contributed by atoms with Crippen LogP contribution in [0.4, 0.5) is 10.5 Å². The van der Waals surface area contributed by atoms with Crippen molar-refractivity contribution in [2.45, 2.75) is 32.2 Å². The van der Waals surface area contributed by atoms with Gasteiger partial charge in [0, 0.05) is 88.1 Å². The Kier molecular flexibility index (Phi) is 8.30. The molecule has 182 valence electrons. The Balaban J connectivity index is 1.20. The first-order valence-corrected chi connectivity index (χ1v) is 12.2. The molecule has 1 aromatic carbocycles. The Labute approximate surface area is 201 Å². The minimum Gasteiger partial charge on any atom is -0.450 e. The van der Waals surface area contributed by atoms with E-state index in [2.05, 4.69) is 20.2 Å². The van der Waals surface area contributed by atoms with Crippen LogP contribution in [0.2, 0.25) is 0 Å². The predicted octanol–water partition coefficient (Wildman–Crippen LogP) is 2.19. The Bertz CT molecular complexity index is 923. The number of anilines is 1. The maximum Gasteiger partial charge on any atom is 0.409 e. The summed E-state index contributed by atoms with van der Waals surface area (Å²) < 4.78 is 5.05. The summed E-state index contributed by atoms with van der Waals surface area (Å²) in [7, 11) is 0. The van der Waals surface area contributed by atoms with Gasteiger partial charge in [0.25, 0.3) is 5.91 Å². The third-order valence-electron chi connectivity index (χ3n) is 6.50. The second-order valence-electron chi connectivity index (χ2n) is 8.69. The average molecular weight is 467 g/mol. The van der Waals surface area contributed by atoms with Crippen molar-refractivity contribution in [1.29, 1.82) is 0 Å². The summed E-state index contributed by atoms with van der Waals surface area (Å²) in [5.74, 6) is 0.0149. The van der Waals surface area contributed by atoms with Gasteiger partial charge in [0.05, 0.1) is 12.3 Å². The van der Waals surface area contributed by atoms with Crippen LogP contribution < -0.4 is 10.2 Å². The predicted molar refractivity (Wildman–Crippen MR) is 130 cm³/mol. The Morgan fingerprint density at radius 1 is 1.00 bits per heavy atom. The van der Waals surface area contributed by atoms with Crippen LogP contribution in [0.1, 0.15) is 35.8 Å². The molecule has 1 aromatic heterocycles. The van der Waals surface area contributed by atoms with Crippen LogP contribution in [0.15, 0.2) is 42.9 Å². The molecular formula is C25H34N6O3. The lowest BCUT2D eigenvalue weighted by molar-refractivity contribution is 0.0570. The fraction of sp³-hybridized carbons (Fsp3) is 0.520. The largest absolute Gasteiger partial charge is 0.450 e. The van der Waals surface area contributed by atoms with Gasteiger partial charge in [-0.2, -0.15) is 0 Å². The van der Waals surface area contributed by atoms with Gasteiger partial charge in [-0.3, -0.25) is 14.8 Å². The van der Waals surface area contributed by atoms with E-state index in [0.29, 0.717) is 44.4 Å². The fourth-order valence-electron chi connectivity index (χ4n) is 4.51. The van der Waals surface area contributed by atoms with Crippen molar-refractivity contribution in [3.63, 3.8) is 0 Å². The smallest absolute Gasteiger partial charge is 0.409 e. The number of hydrogen-bond donors (Lipinski definition) is 1. The summed E-state index contributed by atoms with van der Waals surface area (Å²) in [6.45, 7) is 7.11. The van der Waals surface area contributed by atoms with Gasteiger partial charge in [-0.15, -0.1) is 0 Å². The van der Waals surface area contributed by atoms with Crippen LogP contribution in [0.3, 0.4) is 0 Å². The third-order valence-corrected chi connectivity index (χ3v) is 6.50. The molecule has 2 amide bonds. The molecular weight excluding hydrogens is 432 g/mol. The minimum atomic E-state index is -0.302. The molecule has 2 aromatic rings. The lowest BCUT2D eigenvalue weighted by atomic mass is 10.0. The molecule has 0 aliphatic carbocycles. The Morgan fingerprint density at radius 3 is 2.35 bits per heavy atom. The van der Waals surface area contributed by atoms with Gasteiger partial charge in [0.2, 0.25) is 0 Å². The van der Waals surface area contributed by atoms with E-state index in [1.807, 2.05) is 35.4 Å². The molecule has 0 spiro atoms. The number of benzene rings is 1. The van der Waals surface area contributed by atoms with E-state index >= 15 is 0 Å². The van der Waals surface area contributed by atoms with E-state index in [-0.39, 0.29) is 12.0 Å². The number of piperazine rings is 1. The molecule has 2 aliphatic rings. The number of carbonyl (C=O) groups excluding carboxylic acids is 2.